The monoisotopic (exact) mass is 572 g/mol. The predicted octanol–water partition coefficient (Wildman–Crippen LogP) is 9.59. The van der Waals surface area contributed by atoms with Crippen molar-refractivity contribution in [3.05, 3.63) is 60.8 Å². The third kappa shape index (κ3) is 6.88. The molecular formula is C32H39F3N2O2S. The Hall–Kier alpha value is -2.87. The average Bonchev–Trinajstić information content (AvgIpc) is 3.65. The highest BCUT2D eigenvalue weighted by molar-refractivity contribution is 8.14. The van der Waals surface area contributed by atoms with Crippen molar-refractivity contribution in [2.24, 2.45) is 11.8 Å². The number of ether oxygens (including phenoxy) is 1. The molecule has 0 aliphatic heterocycles. The fourth-order valence-corrected chi connectivity index (χ4v) is 6.54. The van der Waals surface area contributed by atoms with Gasteiger partial charge in [0.25, 0.3) is 0 Å². The summed E-state index contributed by atoms with van der Waals surface area (Å²) in [5, 5.41) is 0.831. The Kier molecular flexibility index (Phi) is 8.69. The van der Waals surface area contributed by atoms with Crippen LogP contribution in [0.15, 0.2) is 60.1 Å². The summed E-state index contributed by atoms with van der Waals surface area (Å²) in [7, 11) is -0.587. The van der Waals surface area contributed by atoms with E-state index in [1.165, 1.54) is 12.5 Å². The molecule has 0 saturated heterocycles. The van der Waals surface area contributed by atoms with Gasteiger partial charge in [-0.15, -0.1) is 6.58 Å². The molecule has 0 bridgehead atoms. The first-order valence-electron chi connectivity index (χ1n) is 13.7. The van der Waals surface area contributed by atoms with Gasteiger partial charge in [-0.25, -0.2) is 9.36 Å². The van der Waals surface area contributed by atoms with Gasteiger partial charge < -0.3 is 4.74 Å². The van der Waals surface area contributed by atoms with Crippen molar-refractivity contribution in [2.75, 3.05) is 0 Å². The molecule has 4 atom stereocenters. The lowest BCUT2D eigenvalue weighted by atomic mass is 9.90. The molecule has 1 fully saturated rings. The minimum absolute atomic E-state index is 0.0278. The Morgan fingerprint density at radius 3 is 2.42 bits per heavy atom. The van der Waals surface area contributed by atoms with Crippen LogP contribution in [0.2, 0.25) is 0 Å². The van der Waals surface area contributed by atoms with Crippen LogP contribution in [0.25, 0.3) is 22.3 Å². The molecule has 0 amide bonds. The van der Waals surface area contributed by atoms with Crippen LogP contribution >= 0.6 is 10.5 Å². The number of allylic oxidation sites excluding steroid dienone is 1. The third-order valence-electron chi connectivity index (χ3n) is 7.55. The minimum Gasteiger partial charge on any atom is -0.443 e. The number of halogens is 3. The molecule has 1 saturated carbocycles. The molecule has 3 aromatic rings. The van der Waals surface area contributed by atoms with Gasteiger partial charge in [-0.3, -0.25) is 4.98 Å². The van der Waals surface area contributed by atoms with Crippen molar-refractivity contribution in [2.45, 2.75) is 88.1 Å². The summed E-state index contributed by atoms with van der Waals surface area (Å²) in [6, 6.07) is 12.0. The van der Waals surface area contributed by atoms with E-state index in [9.17, 15) is 18.0 Å². The zero-order valence-corrected chi connectivity index (χ0v) is 24.7. The molecule has 2 heterocycles. The minimum atomic E-state index is -4.23. The van der Waals surface area contributed by atoms with E-state index in [1.807, 2.05) is 52.0 Å². The van der Waals surface area contributed by atoms with Crippen molar-refractivity contribution < 1.29 is 22.7 Å². The van der Waals surface area contributed by atoms with Gasteiger partial charge in [0.15, 0.2) is 0 Å². The van der Waals surface area contributed by atoms with E-state index in [0.29, 0.717) is 23.7 Å². The normalized spacial score (nSPS) is 17.3. The topological polar surface area (TPSA) is 44.1 Å². The van der Waals surface area contributed by atoms with Gasteiger partial charge in [0.2, 0.25) is 0 Å². The molecule has 1 aliphatic carbocycles. The predicted molar refractivity (Wildman–Crippen MR) is 159 cm³/mol. The van der Waals surface area contributed by atoms with Gasteiger partial charge >= 0.3 is 12.3 Å². The first kappa shape index (κ1) is 30.1. The zero-order valence-electron chi connectivity index (χ0n) is 23.9. The summed E-state index contributed by atoms with van der Waals surface area (Å²) in [4.78, 5) is 19.0. The van der Waals surface area contributed by atoms with E-state index >= 15 is 0 Å². The lowest BCUT2D eigenvalue weighted by Gasteiger charge is -2.29. The van der Waals surface area contributed by atoms with Crippen LogP contribution in [0.5, 0.6) is 0 Å². The van der Waals surface area contributed by atoms with Crippen molar-refractivity contribution in [3.63, 3.8) is 0 Å². The highest BCUT2D eigenvalue weighted by atomic mass is 32.2. The van der Waals surface area contributed by atoms with Gasteiger partial charge in [-0.2, -0.15) is 23.7 Å². The van der Waals surface area contributed by atoms with Crippen LogP contribution in [0, 0.1) is 11.8 Å². The van der Waals surface area contributed by atoms with Gasteiger partial charge in [0, 0.05) is 21.7 Å². The molecular weight excluding hydrogens is 533 g/mol. The molecule has 4 unspecified atom stereocenters. The fourth-order valence-electron chi connectivity index (χ4n) is 5.00. The quantitative estimate of drug-likeness (QED) is 0.189. The van der Waals surface area contributed by atoms with Crippen molar-refractivity contribution in [3.8, 4) is 11.4 Å². The number of pyridine rings is 1. The third-order valence-corrected chi connectivity index (χ3v) is 9.68. The Bertz CT molecular complexity index is 1400. The number of hydrogen-bond donors (Lipinski definition) is 0. The van der Waals surface area contributed by atoms with Gasteiger partial charge in [-0.05, 0) is 88.1 Å². The number of nitrogens with zero attached hydrogens (tertiary/aromatic N) is 2. The van der Waals surface area contributed by atoms with Crippen LogP contribution in [-0.2, 0) is 4.74 Å². The maximum absolute atomic E-state index is 13.4. The highest BCUT2D eigenvalue weighted by Crippen LogP contribution is 2.43. The number of carbonyl (C=O) groups is 1. The van der Waals surface area contributed by atoms with Crippen LogP contribution in [0.3, 0.4) is 0 Å². The number of rotatable bonds is 9. The molecule has 40 heavy (non-hydrogen) atoms. The first-order valence-corrected chi connectivity index (χ1v) is 15.2. The molecule has 1 aliphatic rings. The summed E-state index contributed by atoms with van der Waals surface area (Å²) >= 11 is 0. The maximum Gasteiger partial charge on any atom is 0.419 e. The molecule has 8 heteroatoms. The molecule has 0 N–H and O–H groups in total. The van der Waals surface area contributed by atoms with E-state index in [0.717, 1.165) is 28.6 Å². The van der Waals surface area contributed by atoms with Gasteiger partial charge in [-0.1, -0.05) is 37.9 Å². The SMILES string of the molecule is C=CCC(CC(C)C(F)(F)F)C(C)S(=C)c1ccc(-c2cc3ccc(C4CC4)cc3n2C(=O)OC(C)(C)C)nc1. The second kappa shape index (κ2) is 11.6. The first-order chi connectivity index (χ1) is 18.7. The Balaban J connectivity index is 1.65. The van der Waals surface area contributed by atoms with Crippen molar-refractivity contribution in [1.29, 1.82) is 0 Å². The summed E-state index contributed by atoms with van der Waals surface area (Å²) in [5.41, 5.74) is 2.58. The molecule has 4 nitrogen and oxygen atoms in total. The Labute approximate surface area is 237 Å². The Morgan fingerprint density at radius 2 is 1.88 bits per heavy atom. The maximum atomic E-state index is 13.4. The molecule has 1 aromatic carbocycles. The van der Waals surface area contributed by atoms with Crippen molar-refractivity contribution >= 4 is 33.4 Å². The largest absolute Gasteiger partial charge is 0.443 e. The summed E-state index contributed by atoms with van der Waals surface area (Å²) in [6.45, 7) is 12.5. The van der Waals surface area contributed by atoms with Crippen molar-refractivity contribution in [1.82, 2.24) is 9.55 Å². The smallest absolute Gasteiger partial charge is 0.419 e. The van der Waals surface area contributed by atoms with Crippen LogP contribution in [0.1, 0.15) is 71.8 Å². The highest BCUT2D eigenvalue weighted by Gasteiger charge is 2.38. The lowest BCUT2D eigenvalue weighted by Crippen LogP contribution is -2.27. The summed E-state index contributed by atoms with van der Waals surface area (Å²) in [5.74, 6) is 3.27. The van der Waals surface area contributed by atoms with Gasteiger partial charge in [0.05, 0.1) is 22.8 Å². The molecule has 216 valence electrons. The number of carbonyl (C=O) groups excluding carboxylic acids is 1. The lowest BCUT2D eigenvalue weighted by molar-refractivity contribution is -0.173. The van der Waals surface area contributed by atoms with E-state index in [1.54, 1.807) is 16.8 Å². The van der Waals surface area contributed by atoms with E-state index < -0.39 is 34.3 Å². The number of alkyl halides is 3. The van der Waals surface area contributed by atoms with Crippen LogP contribution < -0.4 is 0 Å². The van der Waals surface area contributed by atoms with E-state index in [2.05, 4.69) is 24.6 Å². The molecule has 0 spiro atoms. The summed E-state index contributed by atoms with van der Waals surface area (Å²) in [6.07, 6.45) is 1.55. The number of hydrogen-bond acceptors (Lipinski definition) is 3. The second-order valence-electron chi connectivity index (χ2n) is 11.9. The molecule has 0 radical (unpaired) electrons. The van der Waals surface area contributed by atoms with E-state index in [4.69, 9.17) is 9.72 Å². The Morgan fingerprint density at radius 1 is 1.18 bits per heavy atom. The fraction of sp³-hybridized carbons (Fsp3) is 0.469. The standard InChI is InChI=1S/C32H39F3N2O2S/c1-8-9-23(16-20(2)32(33,34)35)21(3)40(7)26-14-15-27(36-19-26)29-18-25-13-12-24(22-10-11-22)17-28(25)37(29)30(38)39-31(4,5)6/h8,12-15,17-23H,1,7,9-11,16H2,2-6H3. The molecule has 4 rings (SSSR count). The van der Waals surface area contributed by atoms with Gasteiger partial charge in [0.1, 0.15) is 5.60 Å². The average molecular weight is 573 g/mol. The number of benzene rings is 1. The summed E-state index contributed by atoms with van der Waals surface area (Å²) < 4.78 is 47.2. The number of fused-ring (bicyclic) bond motifs is 1. The van der Waals surface area contributed by atoms with E-state index in [-0.39, 0.29) is 17.6 Å². The zero-order chi connectivity index (χ0) is 29.4. The van der Waals surface area contributed by atoms with Crippen LogP contribution in [0.4, 0.5) is 18.0 Å². The molecule has 2 aromatic heterocycles. The van der Waals surface area contributed by atoms with Crippen LogP contribution in [-0.4, -0.2) is 38.5 Å². The second-order valence-corrected chi connectivity index (χ2v) is 14.0. The number of aromatic nitrogens is 2.